The molecule has 0 amide bonds. The second kappa shape index (κ2) is 4.69. The van der Waals surface area contributed by atoms with Crippen LogP contribution in [-0.2, 0) is 0 Å². The summed E-state index contributed by atoms with van der Waals surface area (Å²) in [6, 6.07) is 22.2. The lowest BCUT2D eigenvalue weighted by Crippen LogP contribution is -1.97. The normalized spacial score (nSPS) is 10.6. The maximum atomic E-state index is 12.1. The Morgan fingerprint density at radius 3 is 2.21 bits per heavy atom. The molecule has 92 valence electrons. The van der Waals surface area contributed by atoms with Gasteiger partial charge in [-0.1, -0.05) is 66.7 Å². The first kappa shape index (κ1) is 11.7. The minimum atomic E-state index is 0.107. The van der Waals surface area contributed by atoms with E-state index in [9.17, 15) is 4.79 Å². The fourth-order valence-corrected chi connectivity index (χ4v) is 2.51. The molecule has 0 unspecified atom stereocenters. The smallest absolute Gasteiger partial charge is 0.161 e. The van der Waals surface area contributed by atoms with Crippen LogP contribution in [0.3, 0.4) is 0 Å². The van der Waals surface area contributed by atoms with E-state index in [0.717, 1.165) is 27.5 Å². The van der Waals surface area contributed by atoms with Crippen LogP contribution in [0.1, 0.15) is 17.3 Å². The van der Waals surface area contributed by atoms with Crippen molar-refractivity contribution in [1.82, 2.24) is 0 Å². The molecule has 19 heavy (non-hydrogen) atoms. The molecule has 1 nitrogen and oxygen atoms in total. The van der Waals surface area contributed by atoms with Gasteiger partial charge in [0.1, 0.15) is 0 Å². The molecular formula is C18H14O. The molecule has 3 aromatic rings. The van der Waals surface area contributed by atoms with E-state index in [4.69, 9.17) is 0 Å². The zero-order chi connectivity index (χ0) is 13.2. The van der Waals surface area contributed by atoms with Crippen LogP contribution in [0.2, 0.25) is 0 Å². The zero-order valence-corrected chi connectivity index (χ0v) is 10.8. The van der Waals surface area contributed by atoms with Crippen molar-refractivity contribution < 1.29 is 4.79 Å². The van der Waals surface area contributed by atoms with Crippen molar-refractivity contribution in [2.75, 3.05) is 0 Å². The predicted molar refractivity (Wildman–Crippen MR) is 79.4 cm³/mol. The van der Waals surface area contributed by atoms with E-state index in [1.165, 1.54) is 0 Å². The average Bonchev–Trinajstić information content (AvgIpc) is 2.46. The number of benzene rings is 3. The van der Waals surface area contributed by atoms with Crippen LogP contribution in [0.4, 0.5) is 0 Å². The lowest BCUT2D eigenvalue weighted by Gasteiger charge is -2.11. The molecular weight excluding hydrogens is 232 g/mol. The number of carbonyl (C=O) groups excluding carboxylic acids is 1. The lowest BCUT2D eigenvalue weighted by atomic mass is 9.92. The van der Waals surface area contributed by atoms with Crippen LogP contribution >= 0.6 is 0 Å². The Morgan fingerprint density at radius 2 is 1.47 bits per heavy atom. The van der Waals surface area contributed by atoms with Crippen molar-refractivity contribution in [1.29, 1.82) is 0 Å². The van der Waals surface area contributed by atoms with Gasteiger partial charge in [0.2, 0.25) is 0 Å². The topological polar surface area (TPSA) is 17.1 Å². The van der Waals surface area contributed by atoms with Gasteiger partial charge >= 0.3 is 0 Å². The molecule has 0 saturated heterocycles. The Balaban J connectivity index is 2.37. The Bertz CT molecular complexity index is 742. The molecule has 0 N–H and O–H groups in total. The third-order valence-corrected chi connectivity index (χ3v) is 3.37. The summed E-state index contributed by atoms with van der Waals surface area (Å²) < 4.78 is 0. The molecule has 0 bridgehead atoms. The van der Waals surface area contributed by atoms with E-state index >= 15 is 0 Å². The van der Waals surface area contributed by atoms with Crippen LogP contribution in [0.25, 0.3) is 21.9 Å². The van der Waals surface area contributed by atoms with Gasteiger partial charge < -0.3 is 0 Å². The van der Waals surface area contributed by atoms with Gasteiger partial charge in [0.05, 0.1) is 0 Å². The molecule has 0 saturated carbocycles. The van der Waals surface area contributed by atoms with Gasteiger partial charge in [-0.05, 0) is 28.8 Å². The van der Waals surface area contributed by atoms with E-state index < -0.39 is 0 Å². The van der Waals surface area contributed by atoms with Gasteiger partial charge in [0.15, 0.2) is 5.78 Å². The highest BCUT2D eigenvalue weighted by atomic mass is 16.1. The van der Waals surface area contributed by atoms with E-state index in [0.29, 0.717) is 0 Å². The molecule has 3 rings (SSSR count). The first-order chi connectivity index (χ1) is 9.27. The van der Waals surface area contributed by atoms with Crippen molar-refractivity contribution in [3.8, 4) is 11.1 Å². The van der Waals surface area contributed by atoms with Crippen LogP contribution < -0.4 is 0 Å². The van der Waals surface area contributed by atoms with Crippen molar-refractivity contribution in [3.63, 3.8) is 0 Å². The second-order valence-electron chi connectivity index (χ2n) is 4.63. The zero-order valence-electron chi connectivity index (χ0n) is 10.8. The summed E-state index contributed by atoms with van der Waals surface area (Å²) in [5.41, 5.74) is 2.90. The molecule has 0 aliphatic heterocycles. The molecule has 0 heterocycles. The Hall–Kier alpha value is -2.41. The van der Waals surface area contributed by atoms with Gasteiger partial charge in [-0.25, -0.2) is 0 Å². The number of hydrogen-bond acceptors (Lipinski definition) is 1. The van der Waals surface area contributed by atoms with Crippen LogP contribution in [0.15, 0.2) is 66.7 Å². The third kappa shape index (κ3) is 2.04. The van der Waals surface area contributed by atoms with Gasteiger partial charge in [-0.3, -0.25) is 4.79 Å². The summed E-state index contributed by atoms with van der Waals surface area (Å²) in [7, 11) is 0. The highest BCUT2D eigenvalue weighted by Crippen LogP contribution is 2.30. The molecule has 1 heteroatoms. The monoisotopic (exact) mass is 246 g/mol. The lowest BCUT2D eigenvalue weighted by molar-refractivity contribution is 0.102. The summed E-state index contributed by atoms with van der Waals surface area (Å²) in [6.45, 7) is 1.63. The summed E-state index contributed by atoms with van der Waals surface area (Å²) in [5.74, 6) is 0.107. The summed E-state index contributed by atoms with van der Waals surface area (Å²) in [4.78, 5) is 12.1. The van der Waals surface area contributed by atoms with Crippen LogP contribution in [0, 0.1) is 0 Å². The number of fused-ring (bicyclic) bond motifs is 1. The molecule has 0 spiro atoms. The number of ketones is 1. The number of Topliss-reactive ketones (excluding diaryl/α,β-unsaturated/α-hetero) is 1. The van der Waals surface area contributed by atoms with E-state index in [-0.39, 0.29) is 5.78 Å². The maximum absolute atomic E-state index is 12.1. The molecule has 0 aromatic heterocycles. The van der Waals surface area contributed by atoms with Crippen molar-refractivity contribution in [2.45, 2.75) is 6.92 Å². The molecule has 0 aliphatic carbocycles. The molecule has 0 fully saturated rings. The first-order valence-corrected chi connectivity index (χ1v) is 6.35. The van der Waals surface area contributed by atoms with Gasteiger partial charge in [-0.2, -0.15) is 0 Å². The summed E-state index contributed by atoms with van der Waals surface area (Å²) >= 11 is 0. The van der Waals surface area contributed by atoms with Gasteiger partial charge in [0, 0.05) is 5.56 Å². The predicted octanol–water partition coefficient (Wildman–Crippen LogP) is 4.71. The van der Waals surface area contributed by atoms with Crippen molar-refractivity contribution >= 4 is 16.6 Å². The average molecular weight is 246 g/mol. The first-order valence-electron chi connectivity index (χ1n) is 6.35. The van der Waals surface area contributed by atoms with Crippen molar-refractivity contribution in [2.24, 2.45) is 0 Å². The highest BCUT2D eigenvalue weighted by molar-refractivity contribution is 6.12. The molecule has 0 aliphatic rings. The Kier molecular flexibility index (Phi) is 2.88. The second-order valence-corrected chi connectivity index (χ2v) is 4.63. The van der Waals surface area contributed by atoms with Crippen LogP contribution in [0.5, 0.6) is 0 Å². The molecule has 0 radical (unpaired) electrons. The van der Waals surface area contributed by atoms with E-state index in [2.05, 4.69) is 6.07 Å². The van der Waals surface area contributed by atoms with Gasteiger partial charge in [-0.15, -0.1) is 0 Å². The minimum absolute atomic E-state index is 0.107. The number of rotatable bonds is 2. The van der Waals surface area contributed by atoms with E-state index in [1.807, 2.05) is 60.7 Å². The SMILES string of the molecule is CC(=O)c1c(-c2ccccc2)ccc2ccccc12. The highest BCUT2D eigenvalue weighted by Gasteiger charge is 2.12. The Labute approximate surface area is 112 Å². The molecule has 0 atom stereocenters. The summed E-state index contributed by atoms with van der Waals surface area (Å²) in [6.07, 6.45) is 0. The quantitative estimate of drug-likeness (QED) is 0.598. The largest absolute Gasteiger partial charge is 0.294 e. The van der Waals surface area contributed by atoms with Crippen molar-refractivity contribution in [3.05, 3.63) is 72.3 Å². The van der Waals surface area contributed by atoms with Crippen LogP contribution in [-0.4, -0.2) is 5.78 Å². The fourth-order valence-electron chi connectivity index (χ4n) is 2.51. The standard InChI is InChI=1S/C18H14O/c1-13(19)18-16-10-6-5-9-15(16)11-12-17(18)14-7-3-2-4-8-14/h2-12H,1H3. The van der Waals surface area contributed by atoms with E-state index in [1.54, 1.807) is 6.92 Å². The maximum Gasteiger partial charge on any atom is 0.161 e. The third-order valence-electron chi connectivity index (χ3n) is 3.37. The number of carbonyl (C=O) groups is 1. The summed E-state index contributed by atoms with van der Waals surface area (Å²) in [5, 5.41) is 2.13. The Morgan fingerprint density at radius 1 is 0.789 bits per heavy atom. The number of hydrogen-bond donors (Lipinski definition) is 0. The minimum Gasteiger partial charge on any atom is -0.294 e. The molecule has 3 aromatic carbocycles. The van der Waals surface area contributed by atoms with Gasteiger partial charge in [0.25, 0.3) is 0 Å². The fraction of sp³-hybridized carbons (Fsp3) is 0.0556.